The summed E-state index contributed by atoms with van der Waals surface area (Å²) < 4.78 is 74.1. The van der Waals surface area contributed by atoms with Crippen molar-refractivity contribution in [1.29, 1.82) is 0 Å². The second kappa shape index (κ2) is 7.95. The Hall–Kier alpha value is -3.34. The summed E-state index contributed by atoms with van der Waals surface area (Å²) in [6, 6.07) is 12.1. The van der Waals surface area contributed by atoms with Crippen LogP contribution in [0.1, 0.15) is 17.3 Å². The summed E-state index contributed by atoms with van der Waals surface area (Å²) in [6.45, 7) is 0. The summed E-state index contributed by atoms with van der Waals surface area (Å²) >= 11 is 0. The Morgan fingerprint density at radius 2 is 1.83 bits per heavy atom. The number of nitrogens with one attached hydrogen (secondary N) is 1. The number of benzene rings is 2. The quantitative estimate of drug-likeness (QED) is 0.640. The third-order valence-corrected chi connectivity index (χ3v) is 5.00. The molecule has 0 radical (unpaired) electrons. The van der Waals surface area contributed by atoms with Crippen LogP contribution >= 0.6 is 0 Å². The zero-order chi connectivity index (χ0) is 21.1. The Morgan fingerprint density at radius 3 is 2.45 bits per heavy atom. The molecule has 7 nitrogen and oxygen atoms in total. The fourth-order valence-corrected chi connectivity index (χ4v) is 3.36. The molecule has 0 saturated heterocycles. The van der Waals surface area contributed by atoms with E-state index < -0.39 is 22.1 Å². The molecule has 0 spiro atoms. The molecular weight excluding hydrogens is 411 g/mol. The van der Waals surface area contributed by atoms with Crippen molar-refractivity contribution in [2.75, 3.05) is 11.8 Å². The standard InChI is InChI=1S/C18H14F3N3O4S/c1-27-14-8-6-13(7-9-14)24-29(25,26)15-4-2-3-12(11-15)5-10-16-22-17(28-23-16)18(19,20)21/h2-11,24H,1H3. The molecule has 0 unspecified atom stereocenters. The van der Waals surface area contributed by atoms with Gasteiger partial charge in [-0.1, -0.05) is 23.4 Å². The van der Waals surface area contributed by atoms with Crippen molar-refractivity contribution >= 4 is 27.9 Å². The van der Waals surface area contributed by atoms with Crippen molar-refractivity contribution in [3.63, 3.8) is 0 Å². The lowest BCUT2D eigenvalue weighted by atomic mass is 10.2. The highest BCUT2D eigenvalue weighted by Crippen LogP contribution is 2.27. The third-order valence-electron chi connectivity index (χ3n) is 3.62. The lowest BCUT2D eigenvalue weighted by Crippen LogP contribution is -2.12. The fraction of sp³-hybridized carbons (Fsp3) is 0.111. The van der Waals surface area contributed by atoms with E-state index in [9.17, 15) is 21.6 Å². The second-order valence-electron chi connectivity index (χ2n) is 5.70. The van der Waals surface area contributed by atoms with Crippen molar-refractivity contribution in [1.82, 2.24) is 10.1 Å². The van der Waals surface area contributed by atoms with E-state index in [-0.39, 0.29) is 10.7 Å². The lowest BCUT2D eigenvalue weighted by molar-refractivity contribution is -0.159. The van der Waals surface area contributed by atoms with Crippen molar-refractivity contribution in [2.24, 2.45) is 0 Å². The number of hydrogen-bond acceptors (Lipinski definition) is 6. The van der Waals surface area contributed by atoms with E-state index in [1.165, 1.54) is 37.5 Å². The fourth-order valence-electron chi connectivity index (χ4n) is 2.25. The van der Waals surface area contributed by atoms with E-state index >= 15 is 0 Å². The minimum absolute atomic E-state index is 0.0282. The summed E-state index contributed by atoms with van der Waals surface area (Å²) in [5.74, 6) is -1.17. The van der Waals surface area contributed by atoms with Gasteiger partial charge in [0.25, 0.3) is 10.0 Å². The summed E-state index contributed by atoms with van der Waals surface area (Å²) in [5.41, 5.74) is 0.763. The van der Waals surface area contributed by atoms with Gasteiger partial charge in [0.05, 0.1) is 12.0 Å². The maximum Gasteiger partial charge on any atom is 0.471 e. The molecule has 2 aromatic carbocycles. The van der Waals surface area contributed by atoms with Gasteiger partial charge in [-0.3, -0.25) is 4.72 Å². The van der Waals surface area contributed by atoms with Crippen LogP contribution in [0, 0.1) is 0 Å². The van der Waals surface area contributed by atoms with Gasteiger partial charge in [-0.25, -0.2) is 8.42 Å². The van der Waals surface area contributed by atoms with Gasteiger partial charge in [0, 0.05) is 5.69 Å². The molecule has 1 heterocycles. The van der Waals surface area contributed by atoms with Crippen molar-refractivity contribution in [3.05, 3.63) is 65.8 Å². The predicted molar refractivity (Wildman–Crippen MR) is 98.5 cm³/mol. The van der Waals surface area contributed by atoms with Crippen LogP contribution in [0.5, 0.6) is 5.75 Å². The third kappa shape index (κ3) is 5.13. The topological polar surface area (TPSA) is 94.3 Å². The first-order valence-corrected chi connectivity index (χ1v) is 9.52. The first-order valence-electron chi connectivity index (χ1n) is 8.03. The molecule has 1 N–H and O–H groups in total. The molecule has 0 bridgehead atoms. The van der Waals surface area contributed by atoms with Crippen LogP contribution in [0.2, 0.25) is 0 Å². The Balaban J connectivity index is 1.78. The van der Waals surface area contributed by atoms with Crippen LogP contribution in [0.15, 0.2) is 57.9 Å². The first kappa shape index (κ1) is 20.4. The number of rotatable bonds is 6. The number of anilines is 1. The molecule has 3 rings (SSSR count). The minimum atomic E-state index is -4.74. The van der Waals surface area contributed by atoms with E-state index in [0.29, 0.717) is 17.0 Å². The van der Waals surface area contributed by atoms with Crippen LogP contribution in [-0.2, 0) is 16.2 Å². The van der Waals surface area contributed by atoms with Crippen LogP contribution in [0.25, 0.3) is 12.2 Å². The summed E-state index contributed by atoms with van der Waals surface area (Å²) in [4.78, 5) is 3.18. The van der Waals surface area contributed by atoms with Crippen LogP contribution in [0.4, 0.5) is 18.9 Å². The predicted octanol–water partition coefficient (Wildman–Crippen LogP) is 4.07. The zero-order valence-corrected chi connectivity index (χ0v) is 15.7. The van der Waals surface area contributed by atoms with E-state index in [2.05, 4.69) is 19.4 Å². The van der Waals surface area contributed by atoms with Gasteiger partial charge in [-0.05, 0) is 48.0 Å². The second-order valence-corrected chi connectivity index (χ2v) is 7.38. The number of nitrogens with zero attached hydrogens (tertiary/aromatic N) is 2. The van der Waals surface area contributed by atoms with Gasteiger partial charge in [-0.15, -0.1) is 0 Å². The van der Waals surface area contributed by atoms with Gasteiger partial charge in [0.15, 0.2) is 5.82 Å². The monoisotopic (exact) mass is 425 g/mol. The highest BCUT2D eigenvalue weighted by Gasteiger charge is 2.38. The van der Waals surface area contributed by atoms with Crippen LogP contribution in [0.3, 0.4) is 0 Å². The number of alkyl halides is 3. The molecule has 152 valence electrons. The highest BCUT2D eigenvalue weighted by atomic mass is 32.2. The van der Waals surface area contributed by atoms with Gasteiger partial charge < -0.3 is 9.26 Å². The molecule has 0 aliphatic rings. The SMILES string of the molecule is COc1ccc(NS(=O)(=O)c2cccc(C=Cc3noc(C(F)(F)F)n3)c2)cc1. The van der Waals surface area contributed by atoms with Gasteiger partial charge in [0.1, 0.15) is 5.75 Å². The summed E-state index contributed by atoms with van der Waals surface area (Å²) in [6.07, 6.45) is -2.18. The molecule has 0 saturated carbocycles. The first-order chi connectivity index (χ1) is 13.7. The Bertz CT molecular complexity index is 1120. The maximum atomic E-state index is 12.6. The largest absolute Gasteiger partial charge is 0.497 e. The number of aromatic nitrogens is 2. The van der Waals surface area contributed by atoms with Gasteiger partial charge >= 0.3 is 12.1 Å². The molecule has 3 aromatic rings. The van der Waals surface area contributed by atoms with Crippen LogP contribution < -0.4 is 9.46 Å². The molecule has 0 aliphatic carbocycles. The van der Waals surface area contributed by atoms with E-state index in [4.69, 9.17) is 4.74 Å². The number of halogens is 3. The molecular formula is C18H14F3N3O4S. The average Bonchev–Trinajstić information content (AvgIpc) is 3.17. The average molecular weight is 425 g/mol. The number of methoxy groups -OCH3 is 1. The number of sulfonamides is 1. The number of ether oxygens (including phenoxy) is 1. The van der Waals surface area contributed by atoms with Gasteiger partial charge in [-0.2, -0.15) is 18.2 Å². The molecule has 29 heavy (non-hydrogen) atoms. The Labute approximate surface area is 163 Å². The van der Waals surface area contributed by atoms with Crippen LogP contribution in [-0.4, -0.2) is 25.7 Å². The molecule has 0 atom stereocenters. The normalized spacial score (nSPS) is 12.3. The van der Waals surface area contributed by atoms with E-state index in [0.717, 1.165) is 0 Å². The van der Waals surface area contributed by atoms with Gasteiger partial charge in [0.2, 0.25) is 0 Å². The van der Waals surface area contributed by atoms with Crippen molar-refractivity contribution in [2.45, 2.75) is 11.1 Å². The summed E-state index contributed by atoms with van der Waals surface area (Å²) in [7, 11) is -2.38. The number of hydrogen-bond donors (Lipinski definition) is 1. The zero-order valence-electron chi connectivity index (χ0n) is 14.8. The smallest absolute Gasteiger partial charge is 0.471 e. The Morgan fingerprint density at radius 1 is 1.10 bits per heavy atom. The molecule has 1 aromatic heterocycles. The van der Waals surface area contributed by atoms with E-state index in [1.54, 1.807) is 30.3 Å². The van der Waals surface area contributed by atoms with E-state index in [1.807, 2.05) is 0 Å². The minimum Gasteiger partial charge on any atom is -0.497 e. The lowest BCUT2D eigenvalue weighted by Gasteiger charge is -2.09. The summed E-state index contributed by atoms with van der Waals surface area (Å²) in [5, 5.41) is 3.21. The molecule has 0 amide bonds. The Kier molecular flexibility index (Phi) is 5.59. The maximum absolute atomic E-state index is 12.6. The molecule has 0 fully saturated rings. The molecule has 11 heteroatoms. The molecule has 0 aliphatic heterocycles. The van der Waals surface area contributed by atoms with Crippen molar-refractivity contribution in [3.8, 4) is 5.75 Å². The highest BCUT2D eigenvalue weighted by molar-refractivity contribution is 7.92. The van der Waals surface area contributed by atoms with Crippen molar-refractivity contribution < 1.29 is 30.8 Å².